The van der Waals surface area contributed by atoms with Crippen molar-refractivity contribution < 1.29 is 8.42 Å². The Bertz CT molecular complexity index is 689. The minimum atomic E-state index is -3.37. The molecule has 2 aromatic heterocycles. The van der Waals surface area contributed by atoms with Crippen molar-refractivity contribution >= 4 is 32.2 Å². The zero-order valence-electron chi connectivity index (χ0n) is 11.3. The van der Waals surface area contributed by atoms with Gasteiger partial charge in [-0.25, -0.2) is 8.42 Å². The third-order valence-electron chi connectivity index (χ3n) is 2.95. The van der Waals surface area contributed by atoms with Gasteiger partial charge in [-0.1, -0.05) is 6.92 Å². The molecule has 0 saturated heterocycles. The normalized spacial score (nSPS) is 11.7. The van der Waals surface area contributed by atoms with Crippen molar-refractivity contribution in [3.63, 3.8) is 0 Å². The fourth-order valence-electron chi connectivity index (χ4n) is 1.80. The zero-order chi connectivity index (χ0) is 14.8. The largest absolute Gasteiger partial charge is 0.382 e. The van der Waals surface area contributed by atoms with E-state index in [9.17, 15) is 8.42 Å². The van der Waals surface area contributed by atoms with Crippen LogP contribution in [0.1, 0.15) is 12.6 Å². The molecule has 0 fully saturated rings. The van der Waals surface area contributed by atoms with E-state index in [4.69, 9.17) is 5.73 Å². The summed E-state index contributed by atoms with van der Waals surface area (Å²) in [5.41, 5.74) is 6.72. The lowest BCUT2D eigenvalue weighted by atomic mass is 10.3. The Hall–Kier alpha value is -1.61. The molecule has 0 aliphatic rings. The average molecular weight is 315 g/mol. The molecule has 110 valence electrons. The fourth-order valence-corrected chi connectivity index (χ4v) is 4.00. The molecule has 0 spiro atoms. The number of anilines is 2. The number of nitrogens with one attached hydrogen (secondary N) is 1. The highest BCUT2D eigenvalue weighted by Gasteiger charge is 2.23. The van der Waals surface area contributed by atoms with E-state index in [0.717, 1.165) is 23.6 Å². The third kappa shape index (κ3) is 2.93. The Morgan fingerprint density at radius 2 is 2.25 bits per heavy atom. The molecular formula is C11H17N5O2S2. The molecule has 2 heterocycles. The monoisotopic (exact) mass is 315 g/mol. The molecule has 0 saturated carbocycles. The molecule has 0 bridgehead atoms. The van der Waals surface area contributed by atoms with Crippen LogP contribution in [0.2, 0.25) is 0 Å². The summed E-state index contributed by atoms with van der Waals surface area (Å²) in [6.45, 7) is 2.18. The smallest absolute Gasteiger partial charge is 0.184 e. The van der Waals surface area contributed by atoms with Gasteiger partial charge in [-0.05, 0) is 17.6 Å². The van der Waals surface area contributed by atoms with Gasteiger partial charge in [-0.15, -0.1) is 0 Å². The van der Waals surface area contributed by atoms with E-state index >= 15 is 0 Å². The summed E-state index contributed by atoms with van der Waals surface area (Å²) in [4.78, 5) is 0.120. The van der Waals surface area contributed by atoms with Gasteiger partial charge < -0.3 is 11.1 Å². The predicted molar refractivity (Wildman–Crippen MR) is 79.7 cm³/mol. The molecule has 0 aliphatic carbocycles. The highest BCUT2D eigenvalue weighted by atomic mass is 32.2. The molecule has 2 aromatic rings. The fraction of sp³-hybridized carbons (Fsp3) is 0.455. The SMILES string of the molecule is CCS(=O)(=O)c1c(N)nsc1NCCc1ccnn1C. The van der Waals surface area contributed by atoms with E-state index in [1.54, 1.807) is 17.8 Å². The maximum absolute atomic E-state index is 12.0. The van der Waals surface area contributed by atoms with Crippen molar-refractivity contribution in [2.75, 3.05) is 23.3 Å². The highest BCUT2D eigenvalue weighted by molar-refractivity contribution is 7.91. The van der Waals surface area contributed by atoms with E-state index < -0.39 is 9.84 Å². The molecule has 2 rings (SSSR count). The van der Waals surface area contributed by atoms with Gasteiger partial charge in [0, 0.05) is 31.9 Å². The van der Waals surface area contributed by atoms with Crippen molar-refractivity contribution in [3.8, 4) is 0 Å². The number of nitrogens with two attached hydrogens (primary N) is 1. The molecule has 7 nitrogen and oxygen atoms in total. The number of aromatic nitrogens is 3. The van der Waals surface area contributed by atoms with Crippen LogP contribution in [0.3, 0.4) is 0 Å². The van der Waals surface area contributed by atoms with E-state index in [1.807, 2.05) is 13.1 Å². The lowest BCUT2D eigenvalue weighted by molar-refractivity contribution is 0.598. The number of nitrogen functional groups attached to an aromatic ring is 1. The second kappa shape index (κ2) is 5.80. The molecule has 9 heteroatoms. The standard InChI is InChI=1S/C11H17N5O2S2/c1-3-20(17,18)9-10(12)15-19-11(9)13-6-4-8-5-7-14-16(8)2/h5,7,13H,3-4,6H2,1-2H3,(H2,12,15). The highest BCUT2D eigenvalue weighted by Crippen LogP contribution is 2.32. The van der Waals surface area contributed by atoms with E-state index in [1.165, 1.54) is 0 Å². The zero-order valence-corrected chi connectivity index (χ0v) is 13.0. The lowest BCUT2D eigenvalue weighted by Gasteiger charge is -2.07. The number of rotatable bonds is 6. The molecule has 0 amide bonds. The number of hydrogen-bond acceptors (Lipinski definition) is 7. The van der Waals surface area contributed by atoms with Crippen molar-refractivity contribution in [1.29, 1.82) is 0 Å². The quantitative estimate of drug-likeness (QED) is 0.821. The van der Waals surface area contributed by atoms with Gasteiger partial charge in [-0.2, -0.15) is 9.47 Å². The molecule has 0 unspecified atom stereocenters. The van der Waals surface area contributed by atoms with Crippen LogP contribution in [0.15, 0.2) is 17.2 Å². The molecule has 20 heavy (non-hydrogen) atoms. The first-order valence-corrected chi connectivity index (χ1v) is 8.57. The molecule has 3 N–H and O–H groups in total. The second-order valence-electron chi connectivity index (χ2n) is 4.25. The molecule has 0 aliphatic heterocycles. The van der Waals surface area contributed by atoms with Crippen LogP contribution in [0, 0.1) is 0 Å². The van der Waals surface area contributed by atoms with Crippen molar-refractivity contribution in [1.82, 2.24) is 14.2 Å². The van der Waals surface area contributed by atoms with Crippen molar-refractivity contribution in [2.45, 2.75) is 18.2 Å². The predicted octanol–water partition coefficient (Wildman–Crippen LogP) is 0.907. The average Bonchev–Trinajstić information content (AvgIpc) is 2.97. The summed E-state index contributed by atoms with van der Waals surface area (Å²) in [7, 11) is -1.50. The number of sulfone groups is 1. The molecule has 0 radical (unpaired) electrons. The minimum Gasteiger partial charge on any atom is -0.382 e. The van der Waals surface area contributed by atoms with Gasteiger partial charge in [0.25, 0.3) is 0 Å². The molecular weight excluding hydrogens is 298 g/mol. The van der Waals surface area contributed by atoms with Gasteiger partial charge in [-0.3, -0.25) is 4.68 Å². The van der Waals surface area contributed by atoms with Crippen LogP contribution in [0.4, 0.5) is 10.8 Å². The summed E-state index contributed by atoms with van der Waals surface area (Å²) in [5.74, 6) is 0.0753. The van der Waals surface area contributed by atoms with Gasteiger partial charge in [0.15, 0.2) is 15.7 Å². The Labute approximate surface area is 121 Å². The van der Waals surface area contributed by atoms with Gasteiger partial charge in [0.05, 0.1) is 5.75 Å². The van der Waals surface area contributed by atoms with Crippen LogP contribution in [0.5, 0.6) is 0 Å². The van der Waals surface area contributed by atoms with Crippen LogP contribution < -0.4 is 11.1 Å². The number of aryl methyl sites for hydroxylation is 1. The van der Waals surface area contributed by atoms with Gasteiger partial charge >= 0.3 is 0 Å². The summed E-state index contributed by atoms with van der Waals surface area (Å²) < 4.78 is 29.7. The van der Waals surface area contributed by atoms with Crippen LogP contribution >= 0.6 is 11.5 Å². The van der Waals surface area contributed by atoms with Crippen LogP contribution in [-0.4, -0.2) is 34.9 Å². The van der Waals surface area contributed by atoms with Gasteiger partial charge in [0.2, 0.25) is 0 Å². The maximum Gasteiger partial charge on any atom is 0.184 e. The summed E-state index contributed by atoms with van der Waals surface area (Å²) in [5, 5.41) is 7.68. The number of nitrogens with zero attached hydrogens (tertiary/aromatic N) is 3. The van der Waals surface area contributed by atoms with E-state index in [2.05, 4.69) is 14.8 Å². The lowest BCUT2D eigenvalue weighted by Crippen LogP contribution is -2.12. The Balaban J connectivity index is 2.10. The van der Waals surface area contributed by atoms with Crippen LogP contribution in [-0.2, 0) is 23.3 Å². The Kier molecular flexibility index (Phi) is 4.29. The number of hydrogen-bond donors (Lipinski definition) is 2. The Morgan fingerprint density at radius 1 is 1.50 bits per heavy atom. The van der Waals surface area contributed by atoms with Crippen LogP contribution in [0.25, 0.3) is 0 Å². The van der Waals surface area contributed by atoms with E-state index in [-0.39, 0.29) is 16.5 Å². The van der Waals surface area contributed by atoms with E-state index in [0.29, 0.717) is 11.5 Å². The minimum absolute atomic E-state index is 0.00598. The summed E-state index contributed by atoms with van der Waals surface area (Å²) in [6.07, 6.45) is 2.47. The maximum atomic E-state index is 12.0. The third-order valence-corrected chi connectivity index (χ3v) is 5.70. The molecule has 0 aromatic carbocycles. The van der Waals surface area contributed by atoms with Gasteiger partial charge in [0.1, 0.15) is 9.90 Å². The first kappa shape index (κ1) is 14.8. The van der Waals surface area contributed by atoms with Crippen molar-refractivity contribution in [3.05, 3.63) is 18.0 Å². The first-order chi connectivity index (χ1) is 9.45. The topological polar surface area (TPSA) is 103 Å². The first-order valence-electron chi connectivity index (χ1n) is 6.14. The summed E-state index contributed by atoms with van der Waals surface area (Å²) >= 11 is 1.07. The van der Waals surface area contributed by atoms with Crippen molar-refractivity contribution in [2.24, 2.45) is 7.05 Å². The Morgan fingerprint density at radius 3 is 2.85 bits per heavy atom. The molecule has 0 atom stereocenters. The second-order valence-corrected chi connectivity index (χ2v) is 7.24. The summed E-state index contributed by atoms with van der Waals surface area (Å²) in [6, 6.07) is 1.92.